The van der Waals surface area contributed by atoms with Gasteiger partial charge in [-0.15, -0.1) is 0 Å². The summed E-state index contributed by atoms with van der Waals surface area (Å²) in [6, 6.07) is 2.67. The summed E-state index contributed by atoms with van der Waals surface area (Å²) >= 11 is 6.17. The quantitative estimate of drug-likeness (QED) is 0.794. The number of ether oxygens (including phenoxy) is 1. The number of likely N-dealkylation sites (N-methyl/N-ethyl adjacent to an activating group) is 1. The molecule has 0 unspecified atom stereocenters. The molecule has 1 saturated carbocycles. The molecular formula is C14H22ClN3O. The topological polar surface area (TPSA) is 37.4 Å². The highest BCUT2D eigenvalue weighted by molar-refractivity contribution is 6.31. The largest absolute Gasteiger partial charge is 0.475 e. The lowest BCUT2D eigenvalue weighted by atomic mass is 10.3. The third-order valence-electron chi connectivity index (χ3n) is 3.30. The zero-order valence-electron chi connectivity index (χ0n) is 11.7. The van der Waals surface area contributed by atoms with Gasteiger partial charge in [-0.25, -0.2) is 4.98 Å². The normalized spacial score (nSPS) is 14.9. The van der Waals surface area contributed by atoms with Crippen LogP contribution in [-0.2, 0) is 6.54 Å². The van der Waals surface area contributed by atoms with Crippen LogP contribution in [-0.4, -0.2) is 42.7 Å². The van der Waals surface area contributed by atoms with Crippen LogP contribution in [0.25, 0.3) is 0 Å². The summed E-state index contributed by atoms with van der Waals surface area (Å²) in [5.41, 5.74) is 1.08. The first kappa shape index (κ1) is 14.6. The Morgan fingerprint density at radius 1 is 1.53 bits per heavy atom. The summed E-state index contributed by atoms with van der Waals surface area (Å²) in [7, 11) is 2.13. The van der Waals surface area contributed by atoms with Crippen LogP contribution in [0.5, 0.6) is 5.88 Å². The van der Waals surface area contributed by atoms with E-state index in [0.717, 1.165) is 31.2 Å². The Hall–Kier alpha value is -0.840. The number of hydrogen-bond acceptors (Lipinski definition) is 4. The molecule has 106 valence electrons. The van der Waals surface area contributed by atoms with Crippen molar-refractivity contribution in [3.05, 3.63) is 22.8 Å². The maximum Gasteiger partial charge on any atom is 0.232 e. The summed E-state index contributed by atoms with van der Waals surface area (Å²) in [6.45, 7) is 5.34. The van der Waals surface area contributed by atoms with Gasteiger partial charge in [0.25, 0.3) is 0 Å². The van der Waals surface area contributed by atoms with Gasteiger partial charge in [0.2, 0.25) is 5.88 Å². The highest BCUT2D eigenvalue weighted by Gasteiger charge is 2.25. The second-order valence-corrected chi connectivity index (χ2v) is 5.38. The average Bonchev–Trinajstić information content (AvgIpc) is 3.22. The molecule has 0 amide bonds. The van der Waals surface area contributed by atoms with E-state index < -0.39 is 0 Å². The minimum absolute atomic E-state index is 0.533. The summed E-state index contributed by atoms with van der Waals surface area (Å²) < 4.78 is 5.64. The van der Waals surface area contributed by atoms with E-state index >= 15 is 0 Å². The van der Waals surface area contributed by atoms with Crippen molar-refractivity contribution in [3.8, 4) is 5.88 Å². The number of halogens is 1. The zero-order valence-corrected chi connectivity index (χ0v) is 12.4. The smallest absolute Gasteiger partial charge is 0.232 e. The second kappa shape index (κ2) is 7.08. The van der Waals surface area contributed by atoms with Crippen molar-refractivity contribution in [3.63, 3.8) is 0 Å². The van der Waals surface area contributed by atoms with Gasteiger partial charge >= 0.3 is 0 Å². The lowest BCUT2D eigenvalue weighted by Gasteiger charge is -2.16. The molecule has 1 aromatic heterocycles. The van der Waals surface area contributed by atoms with Crippen molar-refractivity contribution in [1.82, 2.24) is 15.2 Å². The Balaban J connectivity index is 1.79. The molecule has 0 aromatic carbocycles. The molecule has 5 heteroatoms. The van der Waals surface area contributed by atoms with Gasteiger partial charge in [0.15, 0.2) is 0 Å². The highest BCUT2D eigenvalue weighted by Crippen LogP contribution is 2.25. The van der Waals surface area contributed by atoms with E-state index in [1.165, 1.54) is 12.8 Å². The van der Waals surface area contributed by atoms with E-state index in [1.54, 1.807) is 0 Å². The highest BCUT2D eigenvalue weighted by atomic mass is 35.5. The lowest BCUT2D eigenvalue weighted by molar-refractivity contribution is 0.226. The fraction of sp³-hybridized carbons (Fsp3) is 0.643. The lowest BCUT2D eigenvalue weighted by Crippen LogP contribution is -2.26. The molecule has 4 nitrogen and oxygen atoms in total. The summed E-state index contributed by atoms with van der Waals surface area (Å²) in [6.07, 6.45) is 4.44. The zero-order chi connectivity index (χ0) is 13.7. The number of nitrogens with one attached hydrogen (secondary N) is 1. The van der Waals surface area contributed by atoms with Crippen molar-refractivity contribution >= 4 is 11.6 Å². The molecule has 1 aromatic rings. The first-order chi connectivity index (χ1) is 9.20. The summed E-state index contributed by atoms with van der Waals surface area (Å²) in [5.74, 6) is 0.533. The number of hydrogen-bond donors (Lipinski definition) is 1. The van der Waals surface area contributed by atoms with Gasteiger partial charge in [-0.3, -0.25) is 0 Å². The van der Waals surface area contributed by atoms with Crippen LogP contribution in [0.3, 0.4) is 0 Å². The number of nitrogens with zero attached hydrogens (tertiary/aromatic N) is 2. The molecule has 0 atom stereocenters. The molecular weight excluding hydrogens is 262 g/mol. The molecule has 1 N–H and O–H groups in total. The van der Waals surface area contributed by atoms with Crippen molar-refractivity contribution in [1.29, 1.82) is 0 Å². The molecule has 0 saturated heterocycles. The molecule has 1 aliphatic rings. The fourth-order valence-corrected chi connectivity index (χ4v) is 2.16. The predicted octanol–water partition coefficient (Wildman–Crippen LogP) is 2.32. The molecule has 0 radical (unpaired) electrons. The van der Waals surface area contributed by atoms with Crippen molar-refractivity contribution in [2.24, 2.45) is 0 Å². The Kier molecular flexibility index (Phi) is 5.43. The van der Waals surface area contributed by atoms with E-state index in [2.05, 4.69) is 29.2 Å². The third-order valence-corrected chi connectivity index (χ3v) is 3.57. The van der Waals surface area contributed by atoms with Gasteiger partial charge in [0, 0.05) is 25.3 Å². The van der Waals surface area contributed by atoms with Crippen LogP contribution >= 0.6 is 11.6 Å². The molecule has 19 heavy (non-hydrogen) atoms. The van der Waals surface area contributed by atoms with Crippen LogP contribution in [0.1, 0.15) is 25.3 Å². The third kappa shape index (κ3) is 4.64. The minimum atomic E-state index is 0.533. The van der Waals surface area contributed by atoms with Gasteiger partial charge in [0.1, 0.15) is 11.6 Å². The van der Waals surface area contributed by atoms with Crippen LogP contribution < -0.4 is 10.1 Å². The van der Waals surface area contributed by atoms with Crippen molar-refractivity contribution in [2.45, 2.75) is 32.4 Å². The van der Waals surface area contributed by atoms with E-state index in [-0.39, 0.29) is 0 Å². The van der Waals surface area contributed by atoms with E-state index in [4.69, 9.17) is 16.3 Å². The number of pyridine rings is 1. The van der Waals surface area contributed by atoms with Gasteiger partial charge in [-0.1, -0.05) is 18.5 Å². The molecule has 0 spiro atoms. The number of aromatic nitrogens is 1. The molecule has 1 heterocycles. The van der Waals surface area contributed by atoms with Gasteiger partial charge in [-0.2, -0.15) is 0 Å². The SMILES string of the molecule is CCNCc1cnc(OCCN(C)C2CC2)c(Cl)c1. The van der Waals surface area contributed by atoms with E-state index in [9.17, 15) is 0 Å². The average molecular weight is 284 g/mol. The summed E-state index contributed by atoms with van der Waals surface area (Å²) in [5, 5.41) is 3.83. The maximum atomic E-state index is 6.17. The molecule has 0 bridgehead atoms. The van der Waals surface area contributed by atoms with Gasteiger partial charge in [-0.05, 0) is 38.1 Å². The second-order valence-electron chi connectivity index (χ2n) is 4.97. The Labute approximate surface area is 120 Å². The Morgan fingerprint density at radius 3 is 2.95 bits per heavy atom. The minimum Gasteiger partial charge on any atom is -0.475 e. The molecule has 0 aliphatic heterocycles. The predicted molar refractivity (Wildman–Crippen MR) is 77.8 cm³/mol. The van der Waals surface area contributed by atoms with Crippen LogP contribution in [0.2, 0.25) is 5.02 Å². The first-order valence-corrected chi connectivity index (χ1v) is 7.26. The van der Waals surface area contributed by atoms with Gasteiger partial charge < -0.3 is 15.0 Å². The molecule has 2 rings (SSSR count). The maximum absolute atomic E-state index is 6.17. The van der Waals surface area contributed by atoms with Gasteiger partial charge in [0.05, 0.1) is 0 Å². The van der Waals surface area contributed by atoms with Crippen LogP contribution in [0.4, 0.5) is 0 Å². The fourth-order valence-electron chi connectivity index (χ4n) is 1.92. The molecule has 1 fully saturated rings. The number of rotatable bonds is 8. The first-order valence-electron chi connectivity index (χ1n) is 6.89. The summed E-state index contributed by atoms with van der Waals surface area (Å²) in [4.78, 5) is 6.60. The standard InChI is InChI=1S/C14H22ClN3O/c1-3-16-9-11-8-13(15)14(17-10-11)19-7-6-18(2)12-4-5-12/h8,10,12,16H,3-7,9H2,1-2H3. The molecule has 1 aliphatic carbocycles. The van der Waals surface area contributed by atoms with Crippen molar-refractivity contribution < 1.29 is 4.74 Å². The van der Waals surface area contributed by atoms with Crippen LogP contribution in [0.15, 0.2) is 12.3 Å². The Bertz CT molecular complexity index is 410. The van der Waals surface area contributed by atoms with E-state index in [0.29, 0.717) is 17.5 Å². The van der Waals surface area contributed by atoms with E-state index in [1.807, 2.05) is 12.3 Å². The monoisotopic (exact) mass is 283 g/mol. The van der Waals surface area contributed by atoms with Crippen LogP contribution in [0, 0.1) is 0 Å². The van der Waals surface area contributed by atoms with Crippen molar-refractivity contribution in [2.75, 3.05) is 26.7 Å². The Morgan fingerprint density at radius 2 is 2.32 bits per heavy atom.